The highest BCUT2D eigenvalue weighted by Crippen LogP contribution is 2.23. The molecule has 2 rings (SSSR count). The third-order valence-electron chi connectivity index (χ3n) is 4.08. The molecular formula is C17H24F2N2O3. The van der Waals surface area contributed by atoms with E-state index >= 15 is 0 Å². The van der Waals surface area contributed by atoms with Crippen LogP contribution in [-0.4, -0.2) is 54.8 Å². The van der Waals surface area contributed by atoms with Gasteiger partial charge in [-0.3, -0.25) is 4.79 Å². The summed E-state index contributed by atoms with van der Waals surface area (Å²) < 4.78 is 33.0. The third kappa shape index (κ3) is 4.88. The summed E-state index contributed by atoms with van der Waals surface area (Å²) in [6, 6.07) is 2.21. The van der Waals surface area contributed by atoms with Gasteiger partial charge in [-0.25, -0.2) is 8.78 Å². The van der Waals surface area contributed by atoms with E-state index in [2.05, 4.69) is 10.2 Å². The van der Waals surface area contributed by atoms with E-state index in [0.29, 0.717) is 13.0 Å². The lowest BCUT2D eigenvalue weighted by molar-refractivity contribution is 0.0816. The van der Waals surface area contributed by atoms with Crippen molar-refractivity contribution in [3.05, 3.63) is 29.3 Å². The molecule has 5 nitrogen and oxygen atoms in total. The zero-order valence-electron chi connectivity index (χ0n) is 13.9. The first-order valence-corrected chi connectivity index (χ1v) is 8.32. The first-order chi connectivity index (χ1) is 11.5. The molecule has 1 aliphatic heterocycles. The van der Waals surface area contributed by atoms with Crippen LogP contribution < -0.4 is 10.1 Å². The van der Waals surface area contributed by atoms with Crippen LogP contribution in [0.25, 0.3) is 0 Å². The largest absolute Gasteiger partial charge is 0.491 e. The van der Waals surface area contributed by atoms with E-state index in [0.717, 1.165) is 38.5 Å². The minimum absolute atomic E-state index is 0.129. The topological polar surface area (TPSA) is 61.8 Å². The second-order valence-corrected chi connectivity index (χ2v) is 5.85. The van der Waals surface area contributed by atoms with E-state index in [1.807, 2.05) is 0 Å². The number of hydrogen-bond donors (Lipinski definition) is 2. The second-order valence-electron chi connectivity index (χ2n) is 5.85. The summed E-state index contributed by atoms with van der Waals surface area (Å²) in [7, 11) is 0. The molecule has 1 fully saturated rings. The average molecular weight is 342 g/mol. The minimum atomic E-state index is -0.973. The number of aliphatic hydroxyl groups excluding tert-OH is 1. The summed E-state index contributed by atoms with van der Waals surface area (Å²) >= 11 is 0. The maximum Gasteiger partial charge on any atom is 0.257 e. The number of amides is 1. The van der Waals surface area contributed by atoms with Gasteiger partial charge < -0.3 is 20.1 Å². The van der Waals surface area contributed by atoms with Crippen LogP contribution in [0.4, 0.5) is 8.78 Å². The molecule has 0 aliphatic carbocycles. The van der Waals surface area contributed by atoms with Gasteiger partial charge >= 0.3 is 0 Å². The van der Waals surface area contributed by atoms with Gasteiger partial charge in [-0.2, -0.15) is 0 Å². The van der Waals surface area contributed by atoms with Crippen LogP contribution in [0.3, 0.4) is 0 Å². The van der Waals surface area contributed by atoms with Gasteiger partial charge in [-0.05, 0) is 44.9 Å². The van der Waals surface area contributed by atoms with Crippen molar-refractivity contribution in [1.29, 1.82) is 0 Å². The van der Waals surface area contributed by atoms with E-state index < -0.39 is 23.1 Å². The van der Waals surface area contributed by atoms with Crippen LogP contribution in [-0.2, 0) is 0 Å². The normalized spacial score (nSPS) is 16.2. The zero-order valence-corrected chi connectivity index (χ0v) is 13.9. The van der Waals surface area contributed by atoms with Crippen LogP contribution in [0.1, 0.15) is 36.5 Å². The van der Waals surface area contributed by atoms with Gasteiger partial charge in [0, 0.05) is 19.6 Å². The first-order valence-electron chi connectivity index (χ1n) is 8.32. The molecule has 0 aromatic heterocycles. The molecule has 1 aliphatic rings. The number of hydrogen-bond acceptors (Lipinski definition) is 4. The number of halogens is 2. The summed E-state index contributed by atoms with van der Waals surface area (Å²) in [4.78, 5) is 14.2. The zero-order chi connectivity index (χ0) is 17.5. The molecule has 0 saturated carbocycles. The number of benzene rings is 1. The fourth-order valence-electron chi connectivity index (χ4n) is 2.74. The summed E-state index contributed by atoms with van der Waals surface area (Å²) in [5, 5.41) is 12.0. The molecule has 0 spiro atoms. The van der Waals surface area contributed by atoms with Crippen molar-refractivity contribution >= 4 is 5.91 Å². The number of carbonyl (C=O) groups excluding carboxylic acids is 1. The molecular weight excluding hydrogens is 318 g/mol. The Morgan fingerprint density at radius 1 is 1.38 bits per heavy atom. The van der Waals surface area contributed by atoms with E-state index in [1.54, 1.807) is 6.92 Å². The first kappa shape index (κ1) is 18.6. The van der Waals surface area contributed by atoms with Crippen molar-refractivity contribution in [2.75, 3.05) is 32.8 Å². The molecule has 7 heteroatoms. The van der Waals surface area contributed by atoms with Crippen LogP contribution >= 0.6 is 0 Å². The predicted octanol–water partition coefficient (Wildman–Crippen LogP) is 1.94. The van der Waals surface area contributed by atoms with Gasteiger partial charge in [0.2, 0.25) is 0 Å². The quantitative estimate of drug-likeness (QED) is 0.744. The number of ether oxygens (including phenoxy) is 1. The van der Waals surface area contributed by atoms with E-state index in [9.17, 15) is 18.7 Å². The van der Waals surface area contributed by atoms with E-state index in [1.165, 1.54) is 6.07 Å². The minimum Gasteiger partial charge on any atom is -0.491 e. The number of rotatable bonds is 7. The van der Waals surface area contributed by atoms with Crippen molar-refractivity contribution < 1.29 is 23.4 Å². The molecule has 1 aromatic carbocycles. The van der Waals surface area contributed by atoms with E-state index in [4.69, 9.17) is 4.74 Å². The van der Waals surface area contributed by atoms with Crippen LogP contribution in [0.2, 0.25) is 0 Å². The Hall–Kier alpha value is -1.73. The standard InChI is InChI=1S/C17H24F2N2O3/c1-2-24-14-5-4-13(18)15(16(14)19)17(23)20-8-3-9-21-10-6-12(22)7-11-21/h4-5,12,22H,2-3,6-11H2,1H3,(H,20,23). The Morgan fingerprint density at radius 2 is 2.08 bits per heavy atom. The highest BCUT2D eigenvalue weighted by molar-refractivity contribution is 5.95. The van der Waals surface area contributed by atoms with E-state index in [-0.39, 0.29) is 18.5 Å². The van der Waals surface area contributed by atoms with Gasteiger partial charge in [0.1, 0.15) is 11.4 Å². The second kappa shape index (κ2) is 8.94. The molecule has 24 heavy (non-hydrogen) atoms. The van der Waals surface area contributed by atoms with Crippen LogP contribution in [0, 0.1) is 11.6 Å². The number of piperidine rings is 1. The third-order valence-corrected chi connectivity index (χ3v) is 4.08. The molecule has 2 N–H and O–H groups in total. The lowest BCUT2D eigenvalue weighted by atomic mass is 10.1. The van der Waals surface area contributed by atoms with Crippen molar-refractivity contribution in [2.24, 2.45) is 0 Å². The van der Waals surface area contributed by atoms with Gasteiger partial charge in [0.15, 0.2) is 11.6 Å². The summed E-state index contributed by atoms with van der Waals surface area (Å²) in [6.07, 6.45) is 1.97. The summed E-state index contributed by atoms with van der Waals surface area (Å²) in [5.41, 5.74) is -0.609. The van der Waals surface area contributed by atoms with Crippen LogP contribution in [0.15, 0.2) is 12.1 Å². The number of carbonyl (C=O) groups is 1. The molecule has 0 radical (unpaired) electrons. The lowest BCUT2D eigenvalue weighted by Gasteiger charge is -2.29. The molecule has 0 bridgehead atoms. The number of likely N-dealkylation sites (tertiary alicyclic amines) is 1. The number of nitrogens with one attached hydrogen (secondary N) is 1. The van der Waals surface area contributed by atoms with Gasteiger partial charge in [0.05, 0.1) is 12.7 Å². The highest BCUT2D eigenvalue weighted by atomic mass is 19.1. The molecule has 0 atom stereocenters. The summed E-state index contributed by atoms with van der Waals surface area (Å²) in [5.74, 6) is -2.78. The lowest BCUT2D eigenvalue weighted by Crippen LogP contribution is -2.37. The molecule has 1 saturated heterocycles. The maximum atomic E-state index is 14.1. The predicted molar refractivity (Wildman–Crippen MR) is 86.2 cm³/mol. The van der Waals surface area contributed by atoms with Crippen LogP contribution in [0.5, 0.6) is 5.75 Å². The smallest absolute Gasteiger partial charge is 0.257 e. The van der Waals surface area contributed by atoms with Gasteiger partial charge in [-0.1, -0.05) is 0 Å². The molecule has 134 valence electrons. The van der Waals surface area contributed by atoms with Gasteiger partial charge in [0.25, 0.3) is 5.91 Å². The Kier molecular flexibility index (Phi) is 6.93. The monoisotopic (exact) mass is 342 g/mol. The SMILES string of the molecule is CCOc1ccc(F)c(C(=O)NCCCN2CCC(O)CC2)c1F. The maximum absolute atomic E-state index is 14.1. The summed E-state index contributed by atoms with van der Waals surface area (Å²) in [6.45, 7) is 4.67. The number of nitrogens with zero attached hydrogens (tertiary/aromatic N) is 1. The Bertz CT molecular complexity index is 561. The molecule has 1 heterocycles. The van der Waals surface area contributed by atoms with Crippen molar-refractivity contribution in [3.63, 3.8) is 0 Å². The average Bonchev–Trinajstić information content (AvgIpc) is 2.56. The fraction of sp³-hybridized carbons (Fsp3) is 0.588. The Labute approximate surface area is 140 Å². The van der Waals surface area contributed by atoms with Crippen molar-refractivity contribution in [3.8, 4) is 5.75 Å². The molecule has 1 amide bonds. The van der Waals surface area contributed by atoms with Crippen molar-refractivity contribution in [2.45, 2.75) is 32.3 Å². The Balaban J connectivity index is 1.83. The number of aliphatic hydroxyl groups is 1. The molecule has 0 unspecified atom stereocenters. The fourth-order valence-corrected chi connectivity index (χ4v) is 2.74. The Morgan fingerprint density at radius 3 is 2.75 bits per heavy atom. The highest BCUT2D eigenvalue weighted by Gasteiger charge is 2.21. The molecule has 1 aromatic rings. The van der Waals surface area contributed by atoms with Gasteiger partial charge in [-0.15, -0.1) is 0 Å². The van der Waals surface area contributed by atoms with Crippen molar-refractivity contribution in [1.82, 2.24) is 10.2 Å².